The van der Waals surface area contributed by atoms with Crippen molar-refractivity contribution in [1.82, 2.24) is 15.0 Å². The van der Waals surface area contributed by atoms with Crippen molar-refractivity contribution in [3.63, 3.8) is 0 Å². The molecule has 0 aliphatic heterocycles. The highest BCUT2D eigenvalue weighted by Crippen LogP contribution is 2.02. The van der Waals surface area contributed by atoms with Crippen molar-refractivity contribution in [3.8, 4) is 0 Å². The van der Waals surface area contributed by atoms with Gasteiger partial charge in [0.15, 0.2) is 5.82 Å². The summed E-state index contributed by atoms with van der Waals surface area (Å²) in [6.45, 7) is 0.690. The first-order chi connectivity index (χ1) is 7.34. The molecule has 0 fully saturated rings. The average molecular weight is 224 g/mol. The molecule has 0 unspecified atom stereocenters. The molecule has 0 amide bonds. The van der Waals surface area contributed by atoms with Crippen molar-refractivity contribution in [2.24, 2.45) is 0 Å². The summed E-state index contributed by atoms with van der Waals surface area (Å²) in [6, 6.07) is 0. The van der Waals surface area contributed by atoms with Gasteiger partial charge in [0.05, 0.1) is 23.6 Å². The topological polar surface area (TPSA) is 50.7 Å². The van der Waals surface area contributed by atoms with Gasteiger partial charge in [-0.05, 0) is 0 Å². The quantitative estimate of drug-likeness (QED) is 0.859. The Bertz CT molecular complexity index is 401. The van der Waals surface area contributed by atoms with E-state index in [9.17, 15) is 4.39 Å². The monoisotopic (exact) mass is 224 g/mol. The van der Waals surface area contributed by atoms with E-state index in [1.165, 1.54) is 0 Å². The van der Waals surface area contributed by atoms with E-state index in [1.807, 2.05) is 5.38 Å². The van der Waals surface area contributed by atoms with Crippen LogP contribution in [0.15, 0.2) is 23.3 Å². The van der Waals surface area contributed by atoms with Crippen LogP contribution in [0.2, 0.25) is 0 Å². The van der Waals surface area contributed by atoms with Crippen molar-refractivity contribution in [3.05, 3.63) is 34.8 Å². The van der Waals surface area contributed by atoms with Crippen molar-refractivity contribution < 1.29 is 4.39 Å². The molecule has 2 aromatic rings. The zero-order valence-electron chi connectivity index (χ0n) is 7.85. The lowest BCUT2D eigenvalue weighted by Gasteiger charge is -2.01. The second kappa shape index (κ2) is 4.79. The molecule has 0 saturated heterocycles. The minimum Gasteiger partial charge on any atom is -0.354 e. The Kier molecular flexibility index (Phi) is 3.18. The molecule has 0 aliphatic carbocycles. The van der Waals surface area contributed by atoms with Crippen LogP contribution in [0, 0.1) is 5.82 Å². The number of aromatic nitrogens is 3. The Morgan fingerprint density at radius 1 is 1.27 bits per heavy atom. The van der Waals surface area contributed by atoms with E-state index in [-0.39, 0.29) is 0 Å². The molecule has 0 aliphatic rings. The van der Waals surface area contributed by atoms with E-state index < -0.39 is 5.82 Å². The summed E-state index contributed by atoms with van der Waals surface area (Å²) in [6.07, 6.45) is 3.08. The van der Waals surface area contributed by atoms with Crippen molar-refractivity contribution >= 4 is 17.3 Å². The Balaban J connectivity index is 1.81. The van der Waals surface area contributed by atoms with Crippen molar-refractivity contribution in [2.45, 2.75) is 6.42 Å². The van der Waals surface area contributed by atoms with E-state index in [4.69, 9.17) is 0 Å². The predicted molar refractivity (Wildman–Crippen MR) is 56.3 cm³/mol. The number of rotatable bonds is 4. The smallest absolute Gasteiger partial charge is 0.222 e. The Morgan fingerprint density at radius 3 is 2.73 bits per heavy atom. The fourth-order valence-electron chi connectivity index (χ4n) is 1.07. The molecular formula is C9H9FN4S. The molecule has 0 aromatic carbocycles. The third-order valence-electron chi connectivity index (χ3n) is 1.77. The summed E-state index contributed by atoms with van der Waals surface area (Å²) >= 11 is 1.57. The van der Waals surface area contributed by atoms with Gasteiger partial charge in [0, 0.05) is 18.3 Å². The van der Waals surface area contributed by atoms with Gasteiger partial charge in [-0.2, -0.15) is 0 Å². The van der Waals surface area contributed by atoms with Crippen LogP contribution < -0.4 is 5.32 Å². The molecule has 0 radical (unpaired) electrons. The van der Waals surface area contributed by atoms with Crippen LogP contribution >= 0.6 is 11.3 Å². The van der Waals surface area contributed by atoms with Crippen LogP contribution in [0.3, 0.4) is 0 Å². The molecule has 4 nitrogen and oxygen atoms in total. The molecule has 0 saturated carbocycles. The van der Waals surface area contributed by atoms with Crippen LogP contribution in [-0.4, -0.2) is 21.5 Å². The summed E-state index contributed by atoms with van der Waals surface area (Å²) in [5.74, 6) is 0.00619. The number of hydrogen-bond donors (Lipinski definition) is 1. The van der Waals surface area contributed by atoms with Crippen LogP contribution in [0.1, 0.15) is 5.69 Å². The van der Waals surface area contributed by atoms with Gasteiger partial charge in [0.25, 0.3) is 0 Å². The van der Waals surface area contributed by atoms with Gasteiger partial charge in [-0.25, -0.2) is 19.3 Å². The summed E-state index contributed by atoms with van der Waals surface area (Å²) in [5.41, 5.74) is 2.83. The SMILES string of the molecule is Fc1cnc(NCCc2cscn2)nc1. The maximum absolute atomic E-state index is 12.5. The van der Waals surface area contributed by atoms with E-state index in [0.29, 0.717) is 12.5 Å². The minimum absolute atomic E-state index is 0.431. The number of nitrogens with zero attached hydrogens (tertiary/aromatic N) is 3. The molecule has 78 valence electrons. The molecule has 0 bridgehead atoms. The van der Waals surface area contributed by atoms with E-state index >= 15 is 0 Å². The first kappa shape index (κ1) is 9.97. The first-order valence-corrected chi connectivity index (χ1v) is 5.37. The third kappa shape index (κ3) is 2.95. The Morgan fingerprint density at radius 2 is 2.07 bits per heavy atom. The van der Waals surface area contributed by atoms with Gasteiger partial charge in [-0.1, -0.05) is 0 Å². The molecule has 0 spiro atoms. The Labute approximate surface area is 90.2 Å². The zero-order valence-corrected chi connectivity index (χ0v) is 8.67. The second-order valence-electron chi connectivity index (χ2n) is 2.88. The van der Waals surface area contributed by atoms with Gasteiger partial charge < -0.3 is 5.32 Å². The highest BCUT2D eigenvalue weighted by molar-refractivity contribution is 7.07. The maximum Gasteiger partial charge on any atom is 0.222 e. The summed E-state index contributed by atoms with van der Waals surface area (Å²) < 4.78 is 12.5. The third-order valence-corrected chi connectivity index (χ3v) is 2.40. The van der Waals surface area contributed by atoms with Crippen LogP contribution in [0.5, 0.6) is 0 Å². The summed E-state index contributed by atoms with van der Waals surface area (Å²) in [5, 5.41) is 4.98. The largest absolute Gasteiger partial charge is 0.354 e. The fourth-order valence-corrected chi connectivity index (χ4v) is 1.66. The lowest BCUT2D eigenvalue weighted by atomic mass is 10.3. The highest BCUT2D eigenvalue weighted by atomic mass is 32.1. The molecule has 15 heavy (non-hydrogen) atoms. The first-order valence-electron chi connectivity index (χ1n) is 4.43. The Hall–Kier alpha value is -1.56. The van der Waals surface area contributed by atoms with E-state index in [0.717, 1.165) is 24.5 Å². The highest BCUT2D eigenvalue weighted by Gasteiger charge is 1.97. The molecule has 2 heterocycles. The molecule has 6 heteroatoms. The predicted octanol–water partition coefficient (Wildman–Crippen LogP) is 1.73. The van der Waals surface area contributed by atoms with E-state index in [2.05, 4.69) is 20.3 Å². The molecule has 1 N–H and O–H groups in total. The summed E-state index contributed by atoms with van der Waals surface area (Å²) in [4.78, 5) is 11.7. The summed E-state index contributed by atoms with van der Waals surface area (Å²) in [7, 11) is 0. The van der Waals surface area contributed by atoms with Crippen LogP contribution in [0.25, 0.3) is 0 Å². The standard InChI is InChI=1S/C9H9FN4S/c10-7-3-12-9(13-4-7)11-2-1-8-5-15-6-14-8/h3-6H,1-2H2,(H,11,12,13). The van der Waals surface area contributed by atoms with Crippen molar-refractivity contribution in [1.29, 1.82) is 0 Å². The zero-order chi connectivity index (χ0) is 10.5. The molecule has 2 rings (SSSR count). The van der Waals surface area contributed by atoms with E-state index in [1.54, 1.807) is 16.8 Å². The fraction of sp³-hybridized carbons (Fsp3) is 0.222. The van der Waals surface area contributed by atoms with Gasteiger partial charge in [0.1, 0.15) is 0 Å². The van der Waals surface area contributed by atoms with Crippen LogP contribution in [-0.2, 0) is 6.42 Å². The number of nitrogens with one attached hydrogen (secondary N) is 1. The molecule has 0 atom stereocenters. The van der Waals surface area contributed by atoms with Crippen LogP contribution in [0.4, 0.5) is 10.3 Å². The number of halogens is 1. The van der Waals surface area contributed by atoms with Gasteiger partial charge in [-0.3, -0.25) is 0 Å². The minimum atomic E-state index is -0.431. The van der Waals surface area contributed by atoms with Gasteiger partial charge in [-0.15, -0.1) is 11.3 Å². The average Bonchev–Trinajstić information content (AvgIpc) is 2.74. The number of hydrogen-bond acceptors (Lipinski definition) is 5. The lowest BCUT2D eigenvalue weighted by molar-refractivity contribution is 0.614. The van der Waals surface area contributed by atoms with Gasteiger partial charge >= 0.3 is 0 Å². The van der Waals surface area contributed by atoms with Crippen molar-refractivity contribution in [2.75, 3.05) is 11.9 Å². The lowest BCUT2D eigenvalue weighted by Crippen LogP contribution is -2.07. The maximum atomic E-state index is 12.5. The molecular weight excluding hydrogens is 215 g/mol. The molecule has 2 aromatic heterocycles. The number of thiazole rings is 1. The normalized spacial score (nSPS) is 10.2. The second-order valence-corrected chi connectivity index (χ2v) is 3.60. The van der Waals surface area contributed by atoms with Gasteiger partial charge in [0.2, 0.25) is 5.95 Å². The number of anilines is 1.